The van der Waals surface area contributed by atoms with Gasteiger partial charge in [-0.05, 0) is 60.1 Å². The molecule has 3 nitrogen and oxygen atoms in total. The van der Waals surface area contributed by atoms with Crippen LogP contribution < -0.4 is 5.32 Å². The summed E-state index contributed by atoms with van der Waals surface area (Å²) < 4.78 is 0. The Bertz CT molecular complexity index is 1090. The summed E-state index contributed by atoms with van der Waals surface area (Å²) in [5, 5.41) is 6.06. The molecule has 28 heavy (non-hydrogen) atoms. The zero-order chi connectivity index (χ0) is 19.3. The number of hydrogen-bond acceptors (Lipinski definition) is 3. The van der Waals surface area contributed by atoms with E-state index in [-0.39, 0.29) is 11.2 Å². The van der Waals surface area contributed by atoms with Crippen LogP contribution in [-0.2, 0) is 19.3 Å². The molecule has 2 aliphatic rings. The number of ketones is 1. The van der Waals surface area contributed by atoms with Crippen LogP contribution in [0.5, 0.6) is 0 Å². The molecule has 0 amide bonds. The van der Waals surface area contributed by atoms with Gasteiger partial charge in [-0.3, -0.25) is 4.79 Å². The number of hydrogen-bond donors (Lipinski definition) is 1. The van der Waals surface area contributed by atoms with E-state index < -0.39 is 0 Å². The van der Waals surface area contributed by atoms with E-state index in [0.717, 1.165) is 54.9 Å². The van der Waals surface area contributed by atoms with Crippen LogP contribution >= 0.6 is 0 Å². The van der Waals surface area contributed by atoms with Gasteiger partial charge in [0, 0.05) is 23.1 Å². The van der Waals surface area contributed by atoms with Gasteiger partial charge >= 0.3 is 0 Å². The van der Waals surface area contributed by atoms with Crippen LogP contribution in [0.1, 0.15) is 60.3 Å². The van der Waals surface area contributed by atoms with Crippen molar-refractivity contribution in [2.45, 2.75) is 52.4 Å². The van der Waals surface area contributed by atoms with Gasteiger partial charge < -0.3 is 5.32 Å². The molecule has 1 heterocycles. The van der Waals surface area contributed by atoms with Crippen molar-refractivity contribution in [1.29, 1.82) is 0 Å². The molecule has 1 aromatic heterocycles. The molecule has 2 aliphatic carbocycles. The largest absolute Gasteiger partial charge is 0.339 e. The monoisotopic (exact) mass is 370 g/mol. The molecule has 0 aliphatic heterocycles. The SMILES string of the molecule is CC1(C)CC(=O)c2c(nc(Nc3cccc4ccccc34)c3c2CCCC3)C1. The fourth-order valence-electron chi connectivity index (χ4n) is 4.94. The lowest BCUT2D eigenvalue weighted by Gasteiger charge is -2.33. The van der Waals surface area contributed by atoms with Crippen molar-refractivity contribution in [3.63, 3.8) is 0 Å². The Morgan fingerprint density at radius 3 is 2.54 bits per heavy atom. The molecule has 3 heteroatoms. The minimum absolute atomic E-state index is 0.0172. The standard InChI is InChI=1S/C25H26N2O/c1-25(2)14-21-23(22(28)15-25)18-11-5-6-12-19(18)24(27-21)26-20-13-7-9-16-8-3-4-10-17(16)20/h3-4,7-10,13H,5-6,11-12,14-15H2,1-2H3,(H,26,27). The normalized spacial score (nSPS) is 17.9. The average Bonchev–Trinajstić information content (AvgIpc) is 2.67. The Labute approximate surface area is 166 Å². The average molecular weight is 370 g/mol. The number of carbonyl (C=O) groups is 1. The molecule has 5 rings (SSSR count). The lowest BCUT2D eigenvalue weighted by molar-refractivity contribution is 0.0908. The van der Waals surface area contributed by atoms with Gasteiger partial charge in [0.05, 0.1) is 5.69 Å². The number of nitrogens with zero attached hydrogens (tertiary/aromatic N) is 1. The molecule has 0 saturated carbocycles. The summed E-state index contributed by atoms with van der Waals surface area (Å²) in [6.07, 6.45) is 5.82. The second-order valence-corrected chi connectivity index (χ2v) is 9.04. The number of fused-ring (bicyclic) bond motifs is 4. The van der Waals surface area contributed by atoms with Gasteiger partial charge in [-0.15, -0.1) is 0 Å². The van der Waals surface area contributed by atoms with Crippen molar-refractivity contribution in [3.05, 3.63) is 64.8 Å². The zero-order valence-corrected chi connectivity index (χ0v) is 16.6. The van der Waals surface area contributed by atoms with Crippen molar-refractivity contribution in [2.24, 2.45) is 5.41 Å². The summed E-state index contributed by atoms with van der Waals surface area (Å²) in [4.78, 5) is 18.0. The maximum Gasteiger partial charge on any atom is 0.165 e. The van der Waals surface area contributed by atoms with Crippen LogP contribution in [0.3, 0.4) is 0 Å². The van der Waals surface area contributed by atoms with Gasteiger partial charge in [0.25, 0.3) is 0 Å². The predicted octanol–water partition coefficient (Wildman–Crippen LogP) is 6.01. The van der Waals surface area contributed by atoms with Crippen LogP contribution in [-0.4, -0.2) is 10.8 Å². The first-order valence-corrected chi connectivity index (χ1v) is 10.3. The Balaban J connectivity index is 1.67. The number of aromatic nitrogens is 1. The number of nitrogens with one attached hydrogen (secondary N) is 1. The molecule has 0 spiro atoms. The number of anilines is 2. The van der Waals surface area contributed by atoms with Gasteiger partial charge in [-0.1, -0.05) is 50.2 Å². The maximum absolute atomic E-state index is 13.0. The topological polar surface area (TPSA) is 42.0 Å². The highest BCUT2D eigenvalue weighted by atomic mass is 16.1. The third kappa shape index (κ3) is 2.90. The lowest BCUT2D eigenvalue weighted by atomic mass is 9.72. The first kappa shape index (κ1) is 17.4. The number of carbonyl (C=O) groups excluding carboxylic acids is 1. The third-order valence-electron chi connectivity index (χ3n) is 6.20. The molecular weight excluding hydrogens is 344 g/mol. The molecule has 2 aromatic carbocycles. The Morgan fingerprint density at radius 1 is 0.929 bits per heavy atom. The van der Waals surface area contributed by atoms with E-state index in [1.165, 1.54) is 21.9 Å². The second kappa shape index (κ2) is 6.44. The first-order valence-electron chi connectivity index (χ1n) is 10.3. The summed E-state index contributed by atoms with van der Waals surface area (Å²) in [5.41, 5.74) is 5.52. The van der Waals surface area contributed by atoms with Gasteiger partial charge in [0.1, 0.15) is 5.82 Å². The number of Topliss-reactive ketones (excluding diaryl/α,β-unsaturated/α-hetero) is 1. The van der Waals surface area contributed by atoms with E-state index in [4.69, 9.17) is 4.98 Å². The number of pyridine rings is 1. The molecule has 0 fully saturated rings. The summed E-state index contributed by atoms with van der Waals surface area (Å²) in [5.74, 6) is 1.24. The quantitative estimate of drug-likeness (QED) is 0.600. The van der Waals surface area contributed by atoms with E-state index in [2.05, 4.69) is 61.6 Å². The summed E-state index contributed by atoms with van der Waals surface area (Å²) in [6.45, 7) is 4.35. The van der Waals surface area contributed by atoms with Crippen molar-refractivity contribution >= 4 is 28.1 Å². The van der Waals surface area contributed by atoms with Crippen molar-refractivity contribution < 1.29 is 4.79 Å². The number of benzene rings is 2. The minimum Gasteiger partial charge on any atom is -0.339 e. The first-order chi connectivity index (χ1) is 13.5. The van der Waals surface area contributed by atoms with Crippen LogP contribution in [0.15, 0.2) is 42.5 Å². The van der Waals surface area contributed by atoms with E-state index in [9.17, 15) is 4.79 Å². The van der Waals surface area contributed by atoms with Crippen LogP contribution in [0, 0.1) is 5.41 Å². The molecule has 0 radical (unpaired) electrons. The number of rotatable bonds is 2. The van der Waals surface area contributed by atoms with E-state index in [1.54, 1.807) is 0 Å². The fourth-order valence-corrected chi connectivity index (χ4v) is 4.94. The fraction of sp³-hybridized carbons (Fsp3) is 0.360. The third-order valence-corrected chi connectivity index (χ3v) is 6.20. The van der Waals surface area contributed by atoms with Gasteiger partial charge in [0.2, 0.25) is 0 Å². The summed E-state index contributed by atoms with van der Waals surface area (Å²) >= 11 is 0. The van der Waals surface area contributed by atoms with E-state index in [1.807, 2.05) is 0 Å². The molecule has 3 aromatic rings. The van der Waals surface area contributed by atoms with Crippen LogP contribution in [0.4, 0.5) is 11.5 Å². The Hall–Kier alpha value is -2.68. The van der Waals surface area contributed by atoms with Gasteiger partial charge in [-0.25, -0.2) is 4.98 Å². The highest BCUT2D eigenvalue weighted by molar-refractivity contribution is 6.01. The van der Waals surface area contributed by atoms with Crippen LogP contribution in [0.2, 0.25) is 0 Å². The van der Waals surface area contributed by atoms with Gasteiger partial charge in [-0.2, -0.15) is 0 Å². The van der Waals surface area contributed by atoms with E-state index >= 15 is 0 Å². The molecule has 0 atom stereocenters. The molecule has 0 bridgehead atoms. The van der Waals surface area contributed by atoms with Crippen molar-refractivity contribution in [3.8, 4) is 0 Å². The van der Waals surface area contributed by atoms with Gasteiger partial charge in [0.15, 0.2) is 5.78 Å². The Morgan fingerprint density at radius 2 is 1.68 bits per heavy atom. The van der Waals surface area contributed by atoms with Crippen LogP contribution in [0.25, 0.3) is 10.8 Å². The molecule has 142 valence electrons. The minimum atomic E-state index is -0.0172. The Kier molecular flexibility index (Phi) is 4.01. The van der Waals surface area contributed by atoms with Crippen molar-refractivity contribution in [2.75, 3.05) is 5.32 Å². The summed E-state index contributed by atoms with van der Waals surface area (Å²) in [7, 11) is 0. The smallest absolute Gasteiger partial charge is 0.165 e. The zero-order valence-electron chi connectivity index (χ0n) is 16.6. The molecule has 0 saturated heterocycles. The highest BCUT2D eigenvalue weighted by Crippen LogP contribution is 2.41. The van der Waals surface area contributed by atoms with Crippen molar-refractivity contribution in [1.82, 2.24) is 4.98 Å². The second-order valence-electron chi connectivity index (χ2n) is 9.04. The maximum atomic E-state index is 13.0. The molecule has 1 N–H and O–H groups in total. The summed E-state index contributed by atoms with van der Waals surface area (Å²) in [6, 6.07) is 14.8. The predicted molar refractivity (Wildman–Crippen MR) is 115 cm³/mol. The molecule has 0 unspecified atom stereocenters. The highest BCUT2D eigenvalue weighted by Gasteiger charge is 2.35. The lowest BCUT2D eigenvalue weighted by Crippen LogP contribution is -2.30. The molecular formula is C25H26N2O. The van der Waals surface area contributed by atoms with E-state index in [0.29, 0.717) is 6.42 Å².